The van der Waals surface area contributed by atoms with Gasteiger partial charge in [0.05, 0.1) is 0 Å². The predicted octanol–water partition coefficient (Wildman–Crippen LogP) is 3.49. The van der Waals surface area contributed by atoms with Crippen LogP contribution < -0.4 is 10.6 Å². The van der Waals surface area contributed by atoms with E-state index in [0.717, 1.165) is 44.1 Å². The molecule has 1 unspecified atom stereocenters. The highest BCUT2D eigenvalue weighted by molar-refractivity contribution is 8.15. The largest absolute Gasteiger partial charge is 0.352 e. The summed E-state index contributed by atoms with van der Waals surface area (Å²) < 4.78 is 0. The Bertz CT molecular complexity index is 923. The highest BCUT2D eigenvalue weighted by atomic mass is 32.2. The molecule has 1 aliphatic carbocycles. The van der Waals surface area contributed by atoms with Gasteiger partial charge in [0.15, 0.2) is 5.17 Å². The molecule has 0 spiro atoms. The Kier molecular flexibility index (Phi) is 9.20. The van der Waals surface area contributed by atoms with Crippen LogP contribution in [-0.2, 0) is 9.59 Å². The minimum Gasteiger partial charge on any atom is -0.352 e. The molecule has 2 heterocycles. The molecular weight excluding hydrogens is 462 g/mol. The molecule has 3 amide bonds. The maximum absolute atomic E-state index is 12.5. The quantitative estimate of drug-likeness (QED) is 0.505. The number of likely N-dealkylation sites (tertiary alicyclic amines) is 1. The smallest absolute Gasteiger partial charge is 0.262 e. The monoisotopic (exact) mass is 499 g/mol. The summed E-state index contributed by atoms with van der Waals surface area (Å²) in [5.74, 6) is -0.570. The molecule has 190 valence electrons. The number of amidine groups is 1. The van der Waals surface area contributed by atoms with Gasteiger partial charge in [0.1, 0.15) is 5.25 Å². The van der Waals surface area contributed by atoms with Crippen LogP contribution in [0.2, 0.25) is 0 Å². The SMILES string of the molecule is CN(CCCNC(=O)c1ccc(NC(=O)CC2SC(N3CCCC3)=NC2=O)cc1)C1CCCCC1. The van der Waals surface area contributed by atoms with Gasteiger partial charge in [-0.1, -0.05) is 31.0 Å². The Balaban J connectivity index is 1.15. The summed E-state index contributed by atoms with van der Waals surface area (Å²) in [6.07, 6.45) is 9.83. The van der Waals surface area contributed by atoms with Gasteiger partial charge in [-0.2, -0.15) is 4.99 Å². The van der Waals surface area contributed by atoms with Gasteiger partial charge in [-0.05, 0) is 70.0 Å². The second-order valence-corrected chi connectivity index (χ2v) is 10.9. The lowest BCUT2D eigenvalue weighted by Gasteiger charge is -2.31. The van der Waals surface area contributed by atoms with Crippen molar-refractivity contribution in [3.63, 3.8) is 0 Å². The second kappa shape index (κ2) is 12.5. The van der Waals surface area contributed by atoms with Crippen LogP contribution in [0.25, 0.3) is 0 Å². The number of rotatable bonds is 9. The van der Waals surface area contributed by atoms with Crippen LogP contribution in [-0.4, -0.2) is 77.2 Å². The number of carbonyl (C=O) groups is 3. The van der Waals surface area contributed by atoms with E-state index >= 15 is 0 Å². The molecule has 8 nitrogen and oxygen atoms in total. The lowest BCUT2D eigenvalue weighted by molar-refractivity contribution is -0.121. The predicted molar refractivity (Wildman–Crippen MR) is 141 cm³/mol. The summed E-state index contributed by atoms with van der Waals surface area (Å²) in [5, 5.41) is 6.10. The van der Waals surface area contributed by atoms with E-state index in [1.54, 1.807) is 24.3 Å². The number of aliphatic imine (C=N–C) groups is 1. The zero-order valence-corrected chi connectivity index (χ0v) is 21.4. The van der Waals surface area contributed by atoms with Crippen LogP contribution in [0.15, 0.2) is 29.3 Å². The molecule has 35 heavy (non-hydrogen) atoms. The van der Waals surface area contributed by atoms with Crippen molar-refractivity contribution >= 4 is 40.3 Å². The summed E-state index contributed by atoms with van der Waals surface area (Å²) in [6.45, 7) is 3.48. The van der Waals surface area contributed by atoms with Crippen molar-refractivity contribution in [2.45, 2.75) is 69.1 Å². The lowest BCUT2D eigenvalue weighted by Crippen LogP contribution is -2.35. The maximum atomic E-state index is 12.5. The first-order chi connectivity index (χ1) is 17.0. The van der Waals surface area contributed by atoms with Crippen LogP contribution in [0.1, 0.15) is 68.1 Å². The first-order valence-corrected chi connectivity index (χ1v) is 13.8. The first kappa shape index (κ1) is 25.7. The Labute approximate surface area is 212 Å². The zero-order chi connectivity index (χ0) is 24.6. The molecule has 2 fully saturated rings. The standard InChI is InChI=1S/C26H37N5O3S/c1-30(21-8-3-2-4-9-21)15-7-14-27-24(33)19-10-12-20(13-11-19)28-23(32)18-22-25(34)29-26(35-22)31-16-5-6-17-31/h10-13,21-22H,2-9,14-18H2,1H3,(H,27,33)(H,28,32). The molecular formula is C26H37N5O3S. The van der Waals surface area contributed by atoms with Crippen molar-refractivity contribution in [3.05, 3.63) is 29.8 Å². The van der Waals surface area contributed by atoms with Gasteiger partial charge in [0, 0.05) is 43.3 Å². The van der Waals surface area contributed by atoms with Crippen LogP contribution in [0.3, 0.4) is 0 Å². The van der Waals surface area contributed by atoms with Crippen LogP contribution >= 0.6 is 11.8 Å². The average Bonchev–Trinajstić information content (AvgIpc) is 3.53. The van der Waals surface area contributed by atoms with Crippen LogP contribution in [0.5, 0.6) is 0 Å². The maximum Gasteiger partial charge on any atom is 0.262 e. The highest BCUT2D eigenvalue weighted by Crippen LogP contribution is 2.29. The van der Waals surface area contributed by atoms with E-state index in [2.05, 4.69) is 32.5 Å². The molecule has 1 aromatic carbocycles. The Morgan fingerprint density at radius 2 is 1.80 bits per heavy atom. The number of thioether (sulfide) groups is 1. The van der Waals surface area contributed by atoms with Crippen LogP contribution in [0, 0.1) is 0 Å². The minimum atomic E-state index is -0.465. The average molecular weight is 500 g/mol. The molecule has 1 saturated heterocycles. The number of benzene rings is 1. The van der Waals surface area contributed by atoms with E-state index < -0.39 is 5.25 Å². The molecule has 2 aliphatic heterocycles. The fourth-order valence-electron chi connectivity index (χ4n) is 4.98. The third-order valence-corrected chi connectivity index (χ3v) is 8.29. The third kappa shape index (κ3) is 7.30. The molecule has 1 aromatic rings. The minimum absolute atomic E-state index is 0.0852. The molecule has 0 radical (unpaired) electrons. The number of anilines is 1. The van der Waals surface area contributed by atoms with E-state index in [-0.39, 0.29) is 24.1 Å². The molecule has 0 bridgehead atoms. The molecule has 3 aliphatic rings. The van der Waals surface area contributed by atoms with Gasteiger partial charge in [-0.15, -0.1) is 0 Å². The van der Waals surface area contributed by atoms with Gasteiger partial charge >= 0.3 is 0 Å². The fraction of sp³-hybridized carbons (Fsp3) is 0.615. The van der Waals surface area contributed by atoms with Crippen molar-refractivity contribution in [2.24, 2.45) is 4.99 Å². The topological polar surface area (TPSA) is 94.1 Å². The van der Waals surface area contributed by atoms with Gasteiger partial charge in [-0.25, -0.2) is 0 Å². The van der Waals surface area contributed by atoms with Gasteiger partial charge in [0.2, 0.25) is 5.91 Å². The summed E-state index contributed by atoms with van der Waals surface area (Å²) in [7, 11) is 2.19. The van der Waals surface area contributed by atoms with Crippen molar-refractivity contribution in [1.29, 1.82) is 0 Å². The highest BCUT2D eigenvalue weighted by Gasteiger charge is 2.33. The fourth-order valence-corrected chi connectivity index (χ4v) is 6.09. The zero-order valence-electron chi connectivity index (χ0n) is 20.6. The Morgan fingerprint density at radius 1 is 1.09 bits per heavy atom. The Hall–Kier alpha value is -2.39. The normalized spacial score (nSPS) is 20.9. The molecule has 4 rings (SSSR count). The number of nitrogens with one attached hydrogen (secondary N) is 2. The number of hydrogen-bond donors (Lipinski definition) is 2. The molecule has 2 N–H and O–H groups in total. The number of hydrogen-bond acceptors (Lipinski definition) is 6. The van der Waals surface area contributed by atoms with E-state index in [0.29, 0.717) is 23.8 Å². The van der Waals surface area contributed by atoms with Crippen molar-refractivity contribution in [1.82, 2.24) is 15.1 Å². The van der Waals surface area contributed by atoms with Gasteiger partial charge < -0.3 is 20.4 Å². The van der Waals surface area contributed by atoms with E-state index in [9.17, 15) is 14.4 Å². The van der Waals surface area contributed by atoms with Gasteiger partial charge in [0.25, 0.3) is 11.8 Å². The number of amides is 3. The molecule has 1 saturated carbocycles. The first-order valence-electron chi connectivity index (χ1n) is 12.9. The summed E-state index contributed by atoms with van der Waals surface area (Å²) in [4.78, 5) is 45.9. The summed E-state index contributed by atoms with van der Waals surface area (Å²) >= 11 is 1.39. The van der Waals surface area contributed by atoms with E-state index in [1.807, 2.05) is 0 Å². The van der Waals surface area contributed by atoms with Crippen molar-refractivity contribution < 1.29 is 14.4 Å². The van der Waals surface area contributed by atoms with E-state index in [1.165, 1.54) is 43.9 Å². The van der Waals surface area contributed by atoms with Crippen molar-refractivity contribution in [2.75, 3.05) is 38.5 Å². The lowest BCUT2D eigenvalue weighted by atomic mass is 9.94. The number of nitrogens with zero attached hydrogens (tertiary/aromatic N) is 3. The third-order valence-electron chi connectivity index (χ3n) is 7.08. The van der Waals surface area contributed by atoms with E-state index in [4.69, 9.17) is 0 Å². The molecule has 0 aromatic heterocycles. The summed E-state index contributed by atoms with van der Waals surface area (Å²) in [5.41, 5.74) is 1.17. The second-order valence-electron chi connectivity index (χ2n) is 9.74. The van der Waals surface area contributed by atoms with Gasteiger partial charge in [-0.3, -0.25) is 14.4 Å². The van der Waals surface area contributed by atoms with Crippen LogP contribution in [0.4, 0.5) is 5.69 Å². The summed E-state index contributed by atoms with van der Waals surface area (Å²) in [6, 6.07) is 7.55. The Morgan fingerprint density at radius 3 is 2.51 bits per heavy atom. The number of carbonyl (C=O) groups excluding carboxylic acids is 3. The molecule has 9 heteroatoms. The van der Waals surface area contributed by atoms with Crippen molar-refractivity contribution in [3.8, 4) is 0 Å². The molecule has 1 atom stereocenters.